The van der Waals surface area contributed by atoms with Gasteiger partial charge in [-0.25, -0.2) is 26.3 Å². The second kappa shape index (κ2) is 2.16. The molecule has 0 unspecified atom stereocenters. The van der Waals surface area contributed by atoms with Gasteiger partial charge < -0.3 is 4.39 Å². The fourth-order valence-corrected chi connectivity index (χ4v) is 1.82. The van der Waals surface area contributed by atoms with E-state index < -0.39 is 29.3 Å². The van der Waals surface area contributed by atoms with Gasteiger partial charge in [0.2, 0.25) is 0 Å². The van der Waals surface area contributed by atoms with Gasteiger partial charge in [0.15, 0.2) is 0 Å². The largest absolute Gasteiger partial charge is 0.529 e. The van der Waals surface area contributed by atoms with Gasteiger partial charge >= 0.3 is 18.4 Å². The SMILES string of the molecule is C[N+]1(C)C[B-]1(C(F)(F)F)C(F)(F)F. The molecule has 0 aromatic carbocycles. The monoisotopic (exact) mass is 207 g/mol. The van der Waals surface area contributed by atoms with Crippen molar-refractivity contribution in [3.8, 4) is 0 Å². The molecule has 1 saturated heterocycles. The molecule has 0 bridgehead atoms. The first kappa shape index (κ1) is 10.7. The molecule has 1 rings (SSSR count). The van der Waals surface area contributed by atoms with Gasteiger partial charge in [-0.1, -0.05) is 0 Å². The summed E-state index contributed by atoms with van der Waals surface area (Å²) in [6.07, 6.45) is -15.5. The van der Waals surface area contributed by atoms with Crippen molar-refractivity contribution in [2.24, 2.45) is 0 Å². The Morgan fingerprint density at radius 2 is 1.15 bits per heavy atom. The van der Waals surface area contributed by atoms with E-state index >= 15 is 0 Å². The van der Waals surface area contributed by atoms with E-state index in [1.807, 2.05) is 0 Å². The fourth-order valence-electron chi connectivity index (χ4n) is 1.82. The number of halogens is 6. The molecule has 0 radical (unpaired) electrons. The van der Waals surface area contributed by atoms with Crippen LogP contribution in [0.1, 0.15) is 0 Å². The molecule has 0 saturated carbocycles. The van der Waals surface area contributed by atoms with Crippen LogP contribution in [0.5, 0.6) is 0 Å². The molecule has 8 heteroatoms. The van der Waals surface area contributed by atoms with Crippen molar-refractivity contribution < 1.29 is 30.7 Å². The summed E-state index contributed by atoms with van der Waals surface area (Å²) in [5, 5.41) is 0. The molecule has 1 fully saturated rings. The lowest BCUT2D eigenvalue weighted by atomic mass is 9.43. The molecule has 0 aromatic heterocycles. The van der Waals surface area contributed by atoms with E-state index in [0.717, 1.165) is 14.1 Å². The third-order valence-corrected chi connectivity index (χ3v) is 2.88. The minimum absolute atomic E-state index is 0.868. The number of nitrogens with zero attached hydrogens (tertiary/aromatic N) is 1. The highest BCUT2D eigenvalue weighted by molar-refractivity contribution is 6.83. The number of quaternary nitrogens is 1. The first-order chi connectivity index (χ1) is 5.46. The molecule has 0 N–H and O–H groups in total. The first-order valence-corrected chi connectivity index (χ1v) is 3.59. The highest BCUT2D eigenvalue weighted by atomic mass is 19.4. The van der Waals surface area contributed by atoms with Crippen molar-refractivity contribution in [1.29, 1.82) is 0 Å². The van der Waals surface area contributed by atoms with Crippen LogP contribution in [0.25, 0.3) is 0 Å². The predicted molar refractivity (Wildman–Crippen MR) is 34.8 cm³/mol. The Hall–Kier alpha value is -0.395. The zero-order valence-electron chi connectivity index (χ0n) is 7.00. The van der Waals surface area contributed by atoms with Crippen molar-refractivity contribution in [3.05, 3.63) is 0 Å². The topological polar surface area (TPSA) is 0 Å². The van der Waals surface area contributed by atoms with Crippen molar-refractivity contribution >= 4 is 6.28 Å². The maximum atomic E-state index is 12.2. The van der Waals surface area contributed by atoms with Crippen LogP contribution in [0.15, 0.2) is 0 Å². The summed E-state index contributed by atoms with van der Waals surface area (Å²) in [7, 11) is 1.89. The Labute approximate surface area is 70.8 Å². The molecule has 1 nitrogen and oxygen atoms in total. The fraction of sp³-hybridized carbons (Fsp3) is 1.00. The minimum atomic E-state index is -5.16. The van der Waals surface area contributed by atoms with Gasteiger partial charge in [-0.3, -0.25) is 0 Å². The van der Waals surface area contributed by atoms with E-state index in [4.69, 9.17) is 0 Å². The van der Waals surface area contributed by atoms with Crippen LogP contribution in [0.2, 0.25) is 0 Å². The highest BCUT2D eigenvalue weighted by Crippen LogP contribution is 2.54. The van der Waals surface area contributed by atoms with Crippen LogP contribution in [0, 0.1) is 0 Å². The van der Waals surface area contributed by atoms with E-state index in [1.165, 1.54) is 0 Å². The maximum absolute atomic E-state index is 12.2. The summed E-state index contributed by atoms with van der Waals surface area (Å²) in [6, 6.07) is 0. The third kappa shape index (κ3) is 1.14. The molecule has 0 aliphatic carbocycles. The van der Waals surface area contributed by atoms with Crippen LogP contribution < -0.4 is 0 Å². The maximum Gasteiger partial charge on any atom is 0.461 e. The smallest absolute Gasteiger partial charge is 0.461 e. The van der Waals surface area contributed by atoms with Crippen molar-refractivity contribution in [2.45, 2.75) is 12.2 Å². The second-order valence-corrected chi connectivity index (χ2v) is 4.04. The van der Waals surface area contributed by atoms with Gasteiger partial charge in [-0.05, 0) is 6.44 Å². The number of hydrogen-bond donors (Lipinski definition) is 0. The van der Waals surface area contributed by atoms with E-state index in [9.17, 15) is 26.3 Å². The van der Waals surface area contributed by atoms with Crippen LogP contribution >= 0.6 is 0 Å². The lowest BCUT2D eigenvalue weighted by molar-refractivity contribution is -0.706. The van der Waals surface area contributed by atoms with Gasteiger partial charge in [0.25, 0.3) is 0 Å². The van der Waals surface area contributed by atoms with Gasteiger partial charge in [0, 0.05) is 14.1 Å². The van der Waals surface area contributed by atoms with Gasteiger partial charge in [-0.2, -0.15) is 0 Å². The summed E-state index contributed by atoms with van der Waals surface area (Å²) in [4.78, 5) is 0. The van der Waals surface area contributed by atoms with Gasteiger partial charge in [0.05, 0.1) is 0 Å². The summed E-state index contributed by atoms with van der Waals surface area (Å²) in [6.45, 7) is 0. The van der Waals surface area contributed by atoms with Crippen LogP contribution in [-0.2, 0) is 0 Å². The minimum Gasteiger partial charge on any atom is -0.529 e. The molecule has 0 aromatic rings. The van der Waals surface area contributed by atoms with Gasteiger partial charge in [-0.15, -0.1) is 0 Å². The summed E-state index contributed by atoms with van der Waals surface area (Å²) in [5.74, 6) is 0. The van der Waals surface area contributed by atoms with Crippen LogP contribution in [0.4, 0.5) is 26.3 Å². The van der Waals surface area contributed by atoms with Crippen LogP contribution in [-0.4, -0.2) is 43.4 Å². The number of alkyl halides is 6. The lowest BCUT2D eigenvalue weighted by Crippen LogP contribution is -2.59. The Morgan fingerprint density at radius 1 is 0.923 bits per heavy atom. The second-order valence-electron chi connectivity index (χ2n) is 4.04. The van der Waals surface area contributed by atoms with Gasteiger partial charge in [0.1, 0.15) is 0 Å². The zero-order chi connectivity index (χ0) is 10.7. The van der Waals surface area contributed by atoms with Crippen molar-refractivity contribution in [2.75, 3.05) is 20.5 Å². The molecular weight excluding hydrogens is 199 g/mol. The summed E-state index contributed by atoms with van der Waals surface area (Å²) >= 11 is 0. The standard InChI is InChI=1S/C5H8BF6N/c1-13(2)3-6(13,4(7,8)9)5(10,11)12/h3H2,1-2H3. The van der Waals surface area contributed by atoms with Crippen LogP contribution in [0.3, 0.4) is 0 Å². The molecule has 0 amide bonds. The molecule has 13 heavy (non-hydrogen) atoms. The Bertz CT molecular complexity index is 214. The molecule has 0 spiro atoms. The first-order valence-electron chi connectivity index (χ1n) is 3.59. The van der Waals surface area contributed by atoms with Crippen molar-refractivity contribution in [3.63, 3.8) is 0 Å². The molecule has 1 heterocycles. The predicted octanol–water partition coefficient (Wildman–Crippen LogP) is 1.76. The molecule has 78 valence electrons. The summed E-state index contributed by atoms with van der Waals surface area (Å²) in [5.41, 5.74) is 0. The molecule has 0 atom stereocenters. The average molecular weight is 207 g/mol. The molecule has 1 aliphatic heterocycles. The highest BCUT2D eigenvalue weighted by Gasteiger charge is 2.87. The van der Waals surface area contributed by atoms with E-state index in [-0.39, 0.29) is 0 Å². The quantitative estimate of drug-likeness (QED) is 0.322. The summed E-state index contributed by atoms with van der Waals surface area (Å²) < 4.78 is 72.1. The Morgan fingerprint density at radius 3 is 1.15 bits per heavy atom. The van der Waals surface area contributed by atoms with Crippen molar-refractivity contribution in [1.82, 2.24) is 0 Å². The molecule has 1 aliphatic rings. The number of hydrogen-bond acceptors (Lipinski definition) is 0. The number of rotatable bonds is 0. The average Bonchev–Trinajstić information content (AvgIpc) is 2.30. The lowest BCUT2D eigenvalue weighted by Gasteiger charge is -2.30. The Balaban J connectivity index is 3.10. The normalized spacial score (nSPS) is 25.8. The molecular formula is C5H8BF6N. The van der Waals surface area contributed by atoms with E-state index in [0.29, 0.717) is 0 Å². The van der Waals surface area contributed by atoms with E-state index in [2.05, 4.69) is 0 Å². The van der Waals surface area contributed by atoms with E-state index in [1.54, 1.807) is 0 Å². The third-order valence-electron chi connectivity index (χ3n) is 2.88. The zero-order valence-corrected chi connectivity index (χ0v) is 7.00. The Kier molecular flexibility index (Phi) is 1.77.